The molecule has 0 aromatic heterocycles. The molecule has 3 atom stereocenters. The highest BCUT2D eigenvalue weighted by molar-refractivity contribution is 7.86. The summed E-state index contributed by atoms with van der Waals surface area (Å²) in [5.74, 6) is 0.850. The van der Waals surface area contributed by atoms with Gasteiger partial charge in [-0.1, -0.05) is 31.5 Å². The molecule has 0 radical (unpaired) electrons. The summed E-state index contributed by atoms with van der Waals surface area (Å²) in [4.78, 5) is 12.8. The van der Waals surface area contributed by atoms with E-state index >= 15 is 0 Å². The number of rotatable bonds is 3. The quantitative estimate of drug-likeness (QED) is 0.840. The molecule has 2 rings (SSSR count). The Kier molecular flexibility index (Phi) is 4.00. The summed E-state index contributed by atoms with van der Waals surface area (Å²) in [6.07, 6.45) is 1.48. The topological polar surface area (TPSA) is 34.1 Å². The van der Waals surface area contributed by atoms with Crippen molar-refractivity contribution in [3.63, 3.8) is 0 Å². The van der Waals surface area contributed by atoms with Crippen LogP contribution in [0.1, 0.15) is 32.3 Å². The maximum Gasteiger partial charge on any atom is 0.149 e. The van der Waals surface area contributed by atoms with E-state index in [0.717, 1.165) is 16.9 Å². The third kappa shape index (κ3) is 2.56. The highest BCUT2D eigenvalue weighted by atomic mass is 32.2. The molecule has 0 spiro atoms. The normalized spacial score (nSPS) is 25.7. The van der Waals surface area contributed by atoms with Crippen molar-refractivity contribution < 1.29 is 9.00 Å². The summed E-state index contributed by atoms with van der Waals surface area (Å²) in [7, 11) is -1.20. The molecule has 98 valence electrons. The molecule has 0 saturated heterocycles. The number of carbonyl (C=O) groups is 1. The summed E-state index contributed by atoms with van der Waals surface area (Å²) < 4.78 is 12.6. The van der Waals surface area contributed by atoms with Crippen LogP contribution in [0.25, 0.3) is 0 Å². The molecule has 1 aliphatic carbocycles. The highest BCUT2D eigenvalue weighted by Gasteiger charge is 2.40. The SMILES string of the molecule is Cc1ccc(S(=O)[C@@H]2C(=O)CC[C@H]2C(C)C)cc1. The number of hydrogen-bond donors (Lipinski definition) is 0. The van der Waals surface area contributed by atoms with E-state index in [-0.39, 0.29) is 17.0 Å². The molecule has 1 aromatic rings. The molecule has 0 bridgehead atoms. The maximum atomic E-state index is 12.6. The van der Waals surface area contributed by atoms with Crippen molar-refractivity contribution in [2.24, 2.45) is 11.8 Å². The molecule has 18 heavy (non-hydrogen) atoms. The smallest absolute Gasteiger partial charge is 0.149 e. The molecule has 1 aliphatic rings. The molecule has 1 saturated carbocycles. The van der Waals surface area contributed by atoms with Gasteiger partial charge in [0, 0.05) is 11.3 Å². The van der Waals surface area contributed by atoms with Crippen molar-refractivity contribution >= 4 is 16.6 Å². The Morgan fingerprint density at radius 2 is 1.83 bits per heavy atom. The predicted molar refractivity (Wildman–Crippen MR) is 73.9 cm³/mol. The Balaban J connectivity index is 2.26. The Morgan fingerprint density at radius 3 is 2.39 bits per heavy atom. The number of carbonyl (C=O) groups excluding carboxylic acids is 1. The minimum atomic E-state index is -1.20. The first-order valence-corrected chi connectivity index (χ1v) is 7.72. The van der Waals surface area contributed by atoms with E-state index in [9.17, 15) is 9.00 Å². The largest absolute Gasteiger partial charge is 0.298 e. The maximum absolute atomic E-state index is 12.6. The van der Waals surface area contributed by atoms with Crippen molar-refractivity contribution in [2.45, 2.75) is 43.8 Å². The molecule has 2 nitrogen and oxygen atoms in total. The van der Waals surface area contributed by atoms with Gasteiger partial charge in [-0.2, -0.15) is 0 Å². The van der Waals surface area contributed by atoms with Gasteiger partial charge in [-0.05, 0) is 37.3 Å². The molecule has 3 heteroatoms. The van der Waals surface area contributed by atoms with E-state index < -0.39 is 10.8 Å². The average molecular weight is 264 g/mol. The number of aryl methyl sites for hydroxylation is 1. The molecule has 0 amide bonds. The zero-order valence-electron chi connectivity index (χ0n) is 11.2. The van der Waals surface area contributed by atoms with E-state index in [1.165, 1.54) is 0 Å². The van der Waals surface area contributed by atoms with Gasteiger partial charge < -0.3 is 0 Å². The fraction of sp³-hybridized carbons (Fsp3) is 0.533. The van der Waals surface area contributed by atoms with Gasteiger partial charge in [0.1, 0.15) is 11.0 Å². The highest BCUT2D eigenvalue weighted by Crippen LogP contribution is 2.34. The second-order valence-corrected chi connectivity index (χ2v) is 7.02. The van der Waals surface area contributed by atoms with Crippen LogP contribution in [0, 0.1) is 18.8 Å². The van der Waals surface area contributed by atoms with Crippen LogP contribution in [0.3, 0.4) is 0 Å². The molecular weight excluding hydrogens is 244 g/mol. The van der Waals surface area contributed by atoms with Crippen LogP contribution in [-0.2, 0) is 15.6 Å². The summed E-state index contributed by atoms with van der Waals surface area (Å²) in [5, 5.41) is -0.298. The van der Waals surface area contributed by atoms with Gasteiger partial charge in [0.05, 0.1) is 10.8 Å². The van der Waals surface area contributed by atoms with Crippen LogP contribution < -0.4 is 0 Å². The van der Waals surface area contributed by atoms with Gasteiger partial charge in [-0.15, -0.1) is 0 Å². The van der Waals surface area contributed by atoms with Crippen LogP contribution in [0.15, 0.2) is 29.2 Å². The van der Waals surface area contributed by atoms with Crippen LogP contribution >= 0.6 is 0 Å². The first kappa shape index (κ1) is 13.5. The van der Waals surface area contributed by atoms with Crippen LogP contribution in [0.5, 0.6) is 0 Å². The van der Waals surface area contributed by atoms with Crippen molar-refractivity contribution in [3.05, 3.63) is 29.8 Å². The van der Waals surface area contributed by atoms with Gasteiger partial charge in [0.25, 0.3) is 0 Å². The Hall–Kier alpha value is -0.960. The lowest BCUT2D eigenvalue weighted by Gasteiger charge is -2.21. The minimum absolute atomic E-state index is 0.174. The predicted octanol–water partition coefficient (Wildman–Crippen LogP) is 3.11. The first-order chi connectivity index (χ1) is 8.50. The zero-order valence-corrected chi connectivity index (χ0v) is 12.0. The van der Waals surface area contributed by atoms with Gasteiger partial charge in [0.15, 0.2) is 0 Å². The molecule has 0 aliphatic heterocycles. The van der Waals surface area contributed by atoms with E-state index in [0.29, 0.717) is 12.3 Å². The summed E-state index contributed by atoms with van der Waals surface area (Å²) >= 11 is 0. The molecule has 0 heterocycles. The number of ketones is 1. The van der Waals surface area contributed by atoms with Crippen molar-refractivity contribution in [1.82, 2.24) is 0 Å². The van der Waals surface area contributed by atoms with Crippen molar-refractivity contribution in [1.29, 1.82) is 0 Å². The van der Waals surface area contributed by atoms with Crippen LogP contribution in [-0.4, -0.2) is 15.2 Å². The molecule has 1 aromatic carbocycles. The van der Waals surface area contributed by atoms with Gasteiger partial charge in [-0.3, -0.25) is 9.00 Å². The second-order valence-electron chi connectivity index (χ2n) is 5.44. The third-order valence-electron chi connectivity index (χ3n) is 3.77. The molecule has 1 fully saturated rings. The fourth-order valence-corrected chi connectivity index (χ4v) is 4.44. The zero-order chi connectivity index (χ0) is 13.3. The van der Waals surface area contributed by atoms with Crippen molar-refractivity contribution in [3.8, 4) is 0 Å². The minimum Gasteiger partial charge on any atom is -0.298 e. The second kappa shape index (κ2) is 5.35. The van der Waals surface area contributed by atoms with Crippen molar-refractivity contribution in [2.75, 3.05) is 0 Å². The summed E-state index contributed by atoms with van der Waals surface area (Å²) in [6.45, 7) is 6.23. The fourth-order valence-electron chi connectivity index (χ4n) is 2.62. The lowest BCUT2D eigenvalue weighted by Crippen LogP contribution is -2.30. The lowest BCUT2D eigenvalue weighted by molar-refractivity contribution is -0.117. The van der Waals surface area contributed by atoms with Crippen LogP contribution in [0.2, 0.25) is 0 Å². The monoisotopic (exact) mass is 264 g/mol. The number of benzene rings is 1. The Morgan fingerprint density at radius 1 is 1.22 bits per heavy atom. The number of Topliss-reactive ketones (excluding diaryl/α,β-unsaturated/α-hetero) is 1. The van der Waals surface area contributed by atoms with Gasteiger partial charge >= 0.3 is 0 Å². The van der Waals surface area contributed by atoms with Crippen LogP contribution in [0.4, 0.5) is 0 Å². The number of hydrogen-bond acceptors (Lipinski definition) is 2. The van der Waals surface area contributed by atoms with Gasteiger partial charge in [-0.25, -0.2) is 0 Å². The first-order valence-electron chi connectivity index (χ1n) is 6.50. The average Bonchev–Trinajstić information content (AvgIpc) is 2.71. The third-order valence-corrected chi connectivity index (χ3v) is 5.58. The van der Waals surface area contributed by atoms with E-state index in [2.05, 4.69) is 13.8 Å². The summed E-state index contributed by atoms with van der Waals surface area (Å²) in [5.41, 5.74) is 1.15. The summed E-state index contributed by atoms with van der Waals surface area (Å²) in [6, 6.07) is 7.68. The Labute approximate surface area is 111 Å². The molecule has 1 unspecified atom stereocenters. The van der Waals surface area contributed by atoms with E-state index in [1.54, 1.807) is 0 Å². The van der Waals surface area contributed by atoms with E-state index in [1.807, 2.05) is 31.2 Å². The van der Waals surface area contributed by atoms with Gasteiger partial charge in [0.2, 0.25) is 0 Å². The Bertz CT molecular complexity index is 462. The van der Waals surface area contributed by atoms with E-state index in [4.69, 9.17) is 0 Å². The standard InChI is InChI=1S/C15H20O2S/c1-10(2)13-8-9-14(16)15(13)18(17)12-6-4-11(3)5-7-12/h4-7,10,13,15H,8-9H2,1-3H3/t13-,15-,18?/m0/s1. The molecule has 0 N–H and O–H groups in total. The molecular formula is C15H20O2S. The lowest BCUT2D eigenvalue weighted by atomic mass is 9.94.